The first-order valence-corrected chi connectivity index (χ1v) is 11.2. The van der Waals surface area contributed by atoms with Crippen LogP contribution < -0.4 is 0 Å². The van der Waals surface area contributed by atoms with E-state index in [1.54, 1.807) is 0 Å². The summed E-state index contributed by atoms with van der Waals surface area (Å²) >= 11 is 3.42. The molecular weight excluding hydrogens is 416 g/mol. The third-order valence-corrected chi connectivity index (χ3v) is 3.49. The van der Waals surface area contributed by atoms with Crippen molar-refractivity contribution in [3.8, 4) is 0 Å². The fourth-order valence-corrected chi connectivity index (χ4v) is 2.23. The molecule has 0 aliphatic heterocycles. The molecule has 0 aromatic heterocycles. The minimum absolute atomic E-state index is 0.0510. The van der Waals surface area contributed by atoms with Crippen molar-refractivity contribution in [1.82, 2.24) is 0 Å². The number of hydrogen-bond acceptors (Lipinski definition) is 6. The summed E-state index contributed by atoms with van der Waals surface area (Å²) in [7, 11) is 0. The Balaban J connectivity index is 0. The SMILES string of the molecule is CC.CC(C)(C)OC(=O)COCCOCCOCCOCCCCCCBr. The maximum atomic E-state index is 11.4. The van der Waals surface area contributed by atoms with Gasteiger partial charge in [-0.15, -0.1) is 0 Å². The van der Waals surface area contributed by atoms with Crippen molar-refractivity contribution in [3.05, 3.63) is 0 Å². The summed E-state index contributed by atoms with van der Waals surface area (Å²) in [5.41, 5.74) is -0.481. The lowest BCUT2D eigenvalue weighted by atomic mass is 10.2. The van der Waals surface area contributed by atoms with E-state index < -0.39 is 5.60 Å². The largest absolute Gasteiger partial charge is 0.458 e. The summed E-state index contributed by atoms with van der Waals surface area (Å²) in [6.07, 6.45) is 4.81. The maximum Gasteiger partial charge on any atom is 0.332 e. The molecule has 0 atom stereocenters. The van der Waals surface area contributed by atoms with Crippen LogP contribution in [0.5, 0.6) is 0 Å². The van der Waals surface area contributed by atoms with Crippen molar-refractivity contribution in [2.24, 2.45) is 0 Å². The van der Waals surface area contributed by atoms with E-state index in [-0.39, 0.29) is 12.6 Å². The number of rotatable bonds is 17. The van der Waals surface area contributed by atoms with Gasteiger partial charge in [0.2, 0.25) is 0 Å². The molecule has 0 bridgehead atoms. The Labute approximate surface area is 174 Å². The van der Waals surface area contributed by atoms with Crippen molar-refractivity contribution >= 4 is 21.9 Å². The highest BCUT2D eigenvalue weighted by Crippen LogP contribution is 2.06. The van der Waals surface area contributed by atoms with Gasteiger partial charge in [0.1, 0.15) is 12.2 Å². The highest BCUT2D eigenvalue weighted by Gasteiger charge is 2.15. The number of esters is 1. The normalized spacial score (nSPS) is 11.0. The lowest BCUT2D eigenvalue weighted by Crippen LogP contribution is -2.27. The zero-order chi connectivity index (χ0) is 20.8. The molecular formula is C20H41BrO6. The monoisotopic (exact) mass is 456 g/mol. The summed E-state index contributed by atoms with van der Waals surface area (Å²) in [6.45, 7) is 13.2. The summed E-state index contributed by atoms with van der Waals surface area (Å²) < 4.78 is 26.6. The molecule has 0 spiro atoms. The molecule has 0 aliphatic rings. The zero-order valence-electron chi connectivity index (χ0n) is 18.0. The molecule has 0 radical (unpaired) electrons. The molecule has 6 nitrogen and oxygen atoms in total. The van der Waals surface area contributed by atoms with Crippen molar-refractivity contribution in [2.75, 3.05) is 58.2 Å². The number of unbranched alkanes of at least 4 members (excludes halogenated alkanes) is 3. The molecule has 7 heteroatoms. The average Bonchev–Trinajstić information content (AvgIpc) is 2.61. The third-order valence-electron chi connectivity index (χ3n) is 2.93. The molecule has 0 heterocycles. The Kier molecular flexibility index (Phi) is 23.7. The number of carbonyl (C=O) groups is 1. The molecule has 0 saturated carbocycles. The van der Waals surface area contributed by atoms with Crippen LogP contribution in [0.2, 0.25) is 0 Å². The molecule has 27 heavy (non-hydrogen) atoms. The van der Waals surface area contributed by atoms with Gasteiger partial charge in [-0.3, -0.25) is 0 Å². The molecule has 0 fully saturated rings. The highest BCUT2D eigenvalue weighted by atomic mass is 79.9. The molecule has 0 aromatic rings. The predicted octanol–water partition coefficient (Wildman–Crippen LogP) is 4.38. The smallest absolute Gasteiger partial charge is 0.332 e. The minimum atomic E-state index is -0.481. The first-order chi connectivity index (χ1) is 13.0. The number of hydrogen-bond donors (Lipinski definition) is 0. The van der Waals surface area contributed by atoms with Gasteiger partial charge in [-0.25, -0.2) is 4.79 Å². The van der Waals surface area contributed by atoms with Crippen molar-refractivity contribution in [2.45, 2.75) is 65.9 Å². The molecule has 0 amide bonds. The van der Waals surface area contributed by atoms with Gasteiger partial charge in [-0.05, 0) is 33.6 Å². The molecule has 0 unspecified atom stereocenters. The van der Waals surface area contributed by atoms with Gasteiger partial charge in [-0.2, -0.15) is 0 Å². The van der Waals surface area contributed by atoms with E-state index in [0.29, 0.717) is 39.6 Å². The van der Waals surface area contributed by atoms with Gasteiger partial charge in [0.15, 0.2) is 0 Å². The van der Waals surface area contributed by atoms with Crippen molar-refractivity contribution in [3.63, 3.8) is 0 Å². The van der Waals surface area contributed by atoms with Gasteiger partial charge in [-0.1, -0.05) is 42.6 Å². The zero-order valence-corrected chi connectivity index (χ0v) is 19.6. The molecule has 0 aromatic carbocycles. The van der Waals surface area contributed by atoms with Gasteiger partial charge < -0.3 is 23.7 Å². The van der Waals surface area contributed by atoms with Crippen LogP contribution in [0.4, 0.5) is 0 Å². The van der Waals surface area contributed by atoms with Crippen LogP contribution in [0.15, 0.2) is 0 Å². The van der Waals surface area contributed by atoms with Gasteiger partial charge in [0.25, 0.3) is 0 Å². The van der Waals surface area contributed by atoms with E-state index in [1.807, 2.05) is 34.6 Å². The Morgan fingerprint density at radius 3 is 1.63 bits per heavy atom. The summed E-state index contributed by atoms with van der Waals surface area (Å²) in [5, 5.41) is 1.08. The van der Waals surface area contributed by atoms with E-state index in [0.717, 1.165) is 18.4 Å². The number of halogens is 1. The Bertz CT molecular complexity index is 307. The fourth-order valence-electron chi connectivity index (χ4n) is 1.84. The molecule has 0 aliphatic carbocycles. The number of ether oxygens (including phenoxy) is 5. The van der Waals surface area contributed by atoms with E-state index >= 15 is 0 Å². The minimum Gasteiger partial charge on any atom is -0.458 e. The van der Waals surface area contributed by atoms with E-state index in [2.05, 4.69) is 15.9 Å². The maximum absolute atomic E-state index is 11.4. The van der Waals surface area contributed by atoms with Crippen LogP contribution in [0.3, 0.4) is 0 Å². The Hall–Kier alpha value is -0.210. The fraction of sp³-hybridized carbons (Fsp3) is 0.950. The van der Waals surface area contributed by atoms with E-state index in [9.17, 15) is 4.79 Å². The van der Waals surface area contributed by atoms with Crippen molar-refractivity contribution in [1.29, 1.82) is 0 Å². The quantitative estimate of drug-likeness (QED) is 0.184. The molecule has 0 saturated heterocycles. The predicted molar refractivity (Wildman–Crippen MR) is 113 cm³/mol. The van der Waals surface area contributed by atoms with Gasteiger partial charge in [0.05, 0.1) is 39.6 Å². The van der Waals surface area contributed by atoms with Gasteiger partial charge in [0, 0.05) is 11.9 Å². The summed E-state index contributed by atoms with van der Waals surface area (Å²) in [5.74, 6) is -0.362. The van der Waals surface area contributed by atoms with Crippen LogP contribution in [-0.4, -0.2) is 69.8 Å². The highest BCUT2D eigenvalue weighted by molar-refractivity contribution is 9.09. The van der Waals surface area contributed by atoms with Crippen LogP contribution in [0, 0.1) is 0 Å². The second-order valence-electron chi connectivity index (χ2n) is 6.58. The second kappa shape index (κ2) is 22.1. The first kappa shape index (κ1) is 29.0. The van der Waals surface area contributed by atoms with Gasteiger partial charge >= 0.3 is 5.97 Å². The molecule has 0 rings (SSSR count). The van der Waals surface area contributed by atoms with Crippen LogP contribution >= 0.6 is 15.9 Å². The lowest BCUT2D eigenvalue weighted by molar-refractivity contribution is -0.160. The van der Waals surface area contributed by atoms with Crippen LogP contribution in [-0.2, 0) is 28.5 Å². The first-order valence-electron chi connectivity index (χ1n) is 10.0. The molecule has 164 valence electrons. The van der Waals surface area contributed by atoms with Crippen LogP contribution in [0.1, 0.15) is 60.3 Å². The topological polar surface area (TPSA) is 63.2 Å². The molecule has 0 N–H and O–H groups in total. The number of carbonyl (C=O) groups excluding carboxylic acids is 1. The Morgan fingerprint density at radius 2 is 1.15 bits per heavy atom. The summed E-state index contributed by atoms with van der Waals surface area (Å²) in [6, 6.07) is 0. The second-order valence-corrected chi connectivity index (χ2v) is 7.37. The lowest BCUT2D eigenvalue weighted by Gasteiger charge is -2.19. The third kappa shape index (κ3) is 28.1. The average molecular weight is 457 g/mol. The van der Waals surface area contributed by atoms with Crippen molar-refractivity contribution < 1.29 is 28.5 Å². The standard InChI is InChI=1S/C18H35BrO6.C2H6/c1-18(2,3)25-17(20)16-24-15-14-23-13-12-22-11-10-21-9-7-5-4-6-8-19;1-2/h4-16H2,1-3H3;1-2H3. The number of alkyl halides is 1. The Morgan fingerprint density at radius 1 is 0.704 bits per heavy atom. The van der Waals surface area contributed by atoms with E-state index in [1.165, 1.54) is 19.3 Å². The summed E-state index contributed by atoms with van der Waals surface area (Å²) in [4.78, 5) is 11.4. The van der Waals surface area contributed by atoms with E-state index in [4.69, 9.17) is 23.7 Å². The van der Waals surface area contributed by atoms with Crippen LogP contribution in [0.25, 0.3) is 0 Å².